The zero-order chi connectivity index (χ0) is 29.1. The molecule has 2 atom stereocenters. The summed E-state index contributed by atoms with van der Waals surface area (Å²) in [5.74, 6) is -0.740. The normalized spacial score (nSPS) is 19.8. The Hall–Kier alpha value is -4.07. The van der Waals surface area contributed by atoms with Gasteiger partial charge in [0.05, 0.1) is 17.4 Å². The predicted octanol–water partition coefficient (Wildman–Crippen LogP) is 3.70. The van der Waals surface area contributed by atoms with Gasteiger partial charge >= 0.3 is 12.7 Å². The van der Waals surface area contributed by atoms with Crippen molar-refractivity contribution in [3.05, 3.63) is 71.1 Å². The summed E-state index contributed by atoms with van der Waals surface area (Å²) in [5, 5.41) is 35.1. The number of alkyl halides is 2. The van der Waals surface area contributed by atoms with Gasteiger partial charge in [0, 0.05) is 52.7 Å². The summed E-state index contributed by atoms with van der Waals surface area (Å²) in [6.45, 7) is 0.840. The van der Waals surface area contributed by atoms with Gasteiger partial charge in [-0.1, -0.05) is 26.3 Å². The Kier molecular flexibility index (Phi) is 6.67. The molecule has 1 fully saturated rings. The molecule has 0 radical (unpaired) electrons. The van der Waals surface area contributed by atoms with Crippen molar-refractivity contribution >= 4 is 11.6 Å². The molecule has 3 aliphatic rings. The minimum atomic E-state index is -3.54. The number of ether oxygens (including phenoxy) is 1. The number of carbonyl (C=O) groups is 1. The van der Waals surface area contributed by atoms with Crippen LogP contribution in [0.25, 0.3) is 16.9 Å². The van der Waals surface area contributed by atoms with E-state index in [4.69, 9.17) is 9.72 Å². The summed E-state index contributed by atoms with van der Waals surface area (Å²) in [6, 6.07) is 4.66. The second-order valence-corrected chi connectivity index (χ2v) is 10.0. The first-order valence-electron chi connectivity index (χ1n) is 13.5. The minimum absolute atomic E-state index is 0.0328. The number of halogens is 2. The van der Waals surface area contributed by atoms with Gasteiger partial charge < -0.3 is 20.1 Å². The minimum Gasteiger partial charge on any atom is -0.434 e. The van der Waals surface area contributed by atoms with E-state index in [1.165, 1.54) is 29.1 Å². The highest BCUT2D eigenvalue weighted by atomic mass is 19.3. The number of hydrogen-bond donors (Lipinski definition) is 3. The molecule has 11 nitrogen and oxygen atoms in total. The summed E-state index contributed by atoms with van der Waals surface area (Å²) in [7, 11) is 0. The van der Waals surface area contributed by atoms with Crippen LogP contribution in [0, 0.1) is 0 Å². The van der Waals surface area contributed by atoms with E-state index in [9.17, 15) is 28.9 Å². The van der Waals surface area contributed by atoms with Gasteiger partial charge in [-0.2, -0.15) is 13.9 Å². The molecular formula is C28H28F2N6O5. The van der Waals surface area contributed by atoms with Crippen LogP contribution in [0.1, 0.15) is 90.4 Å². The third-order valence-corrected chi connectivity index (χ3v) is 7.82. The molecule has 2 unspecified atom stereocenters. The number of aliphatic hydroxyl groups is 3. The molecule has 214 valence electrons. The van der Waals surface area contributed by atoms with Crippen LogP contribution in [-0.4, -0.2) is 63.4 Å². The molecule has 7 rings (SSSR count). The van der Waals surface area contributed by atoms with Gasteiger partial charge in [-0.3, -0.25) is 9.69 Å². The van der Waals surface area contributed by atoms with E-state index < -0.39 is 30.6 Å². The maximum atomic E-state index is 13.4. The van der Waals surface area contributed by atoms with E-state index in [0.29, 0.717) is 33.3 Å². The van der Waals surface area contributed by atoms with Gasteiger partial charge in [-0.15, -0.1) is 0 Å². The quantitative estimate of drug-likeness (QED) is 0.308. The van der Waals surface area contributed by atoms with Crippen LogP contribution in [0.3, 0.4) is 0 Å². The number of carbonyl (C=O) groups excluding carboxylic acids is 1. The molecule has 4 heterocycles. The topological polar surface area (TPSA) is 146 Å². The highest BCUT2D eigenvalue weighted by molar-refractivity contribution is 5.98. The van der Waals surface area contributed by atoms with Gasteiger partial charge in [0.15, 0.2) is 5.65 Å². The molecule has 2 bridgehead atoms. The highest BCUT2D eigenvalue weighted by Gasteiger charge is 2.52. The fraction of sp³-hybridized carbons (Fsp3) is 0.393. The van der Waals surface area contributed by atoms with E-state index in [1.54, 1.807) is 24.7 Å². The van der Waals surface area contributed by atoms with E-state index in [-0.39, 0.29) is 29.0 Å². The fourth-order valence-electron chi connectivity index (χ4n) is 5.90. The van der Waals surface area contributed by atoms with Crippen LogP contribution < -0.4 is 4.74 Å². The first-order chi connectivity index (χ1) is 19.7. The summed E-state index contributed by atoms with van der Waals surface area (Å²) >= 11 is 0. The van der Waals surface area contributed by atoms with Crippen molar-refractivity contribution in [2.24, 2.45) is 0 Å². The lowest BCUT2D eigenvalue weighted by atomic mass is 9.85. The van der Waals surface area contributed by atoms with Gasteiger partial charge in [-0.25, -0.2) is 19.5 Å². The van der Waals surface area contributed by atoms with Crippen LogP contribution in [0.2, 0.25) is 0 Å². The van der Waals surface area contributed by atoms with E-state index in [2.05, 4.69) is 15.1 Å². The fourth-order valence-corrected chi connectivity index (χ4v) is 5.90. The maximum absolute atomic E-state index is 13.4. The molecule has 3 aromatic heterocycles. The van der Waals surface area contributed by atoms with E-state index in [0.717, 1.165) is 18.7 Å². The van der Waals surface area contributed by atoms with Gasteiger partial charge in [-0.05, 0) is 37.5 Å². The van der Waals surface area contributed by atoms with Crippen molar-refractivity contribution in [1.29, 1.82) is 0 Å². The SMILES string of the molecule is CC.O=C1c2cccc(OC(F)F)c2C2CC(c3nn4ccc(-c5cnc(C6CCC6)nc5)nc4c32)N1C(O)(O)O. The third-order valence-electron chi connectivity index (χ3n) is 7.82. The summed E-state index contributed by atoms with van der Waals surface area (Å²) in [5.41, 5.74) is 2.39. The van der Waals surface area contributed by atoms with Gasteiger partial charge in [0.25, 0.3) is 5.91 Å². The van der Waals surface area contributed by atoms with Crippen molar-refractivity contribution in [2.75, 3.05) is 0 Å². The number of nitrogens with zero attached hydrogens (tertiary/aromatic N) is 6. The molecule has 1 saturated carbocycles. The largest absolute Gasteiger partial charge is 0.434 e. The lowest BCUT2D eigenvalue weighted by molar-refractivity contribution is -0.385. The second-order valence-electron chi connectivity index (χ2n) is 10.0. The van der Waals surface area contributed by atoms with Crippen LogP contribution in [-0.2, 0) is 0 Å². The highest BCUT2D eigenvalue weighted by Crippen LogP contribution is 2.54. The summed E-state index contributed by atoms with van der Waals surface area (Å²) in [6.07, 6.45) is 4.88. The number of benzene rings is 1. The zero-order valence-electron chi connectivity index (χ0n) is 22.3. The molecule has 41 heavy (non-hydrogen) atoms. The molecule has 1 aromatic carbocycles. The lowest BCUT2D eigenvalue weighted by Gasteiger charge is -2.34. The van der Waals surface area contributed by atoms with Crippen molar-refractivity contribution in [2.45, 2.75) is 70.1 Å². The number of aromatic nitrogens is 5. The van der Waals surface area contributed by atoms with E-state index in [1.807, 2.05) is 13.8 Å². The maximum Gasteiger partial charge on any atom is 0.387 e. The molecule has 4 aromatic rings. The Bertz CT molecular complexity index is 1620. The Labute approximate surface area is 233 Å². The van der Waals surface area contributed by atoms with Gasteiger partial charge in [0.1, 0.15) is 11.6 Å². The number of fused-ring (bicyclic) bond motifs is 9. The molecule has 0 spiro atoms. The zero-order valence-corrected chi connectivity index (χ0v) is 22.3. The van der Waals surface area contributed by atoms with Crippen molar-refractivity contribution in [3.63, 3.8) is 0 Å². The Balaban J connectivity index is 0.00000148. The molecule has 13 heteroatoms. The molecular weight excluding hydrogens is 538 g/mol. The lowest BCUT2D eigenvalue weighted by Crippen LogP contribution is -2.53. The smallest absolute Gasteiger partial charge is 0.387 e. The van der Waals surface area contributed by atoms with Gasteiger partial charge in [0.2, 0.25) is 0 Å². The second kappa shape index (κ2) is 10.1. The van der Waals surface area contributed by atoms with Crippen LogP contribution in [0.15, 0.2) is 42.9 Å². The predicted molar refractivity (Wildman–Crippen MR) is 140 cm³/mol. The number of rotatable bonds is 5. The molecule has 2 aliphatic carbocycles. The number of hydrogen-bond acceptors (Lipinski definition) is 9. The molecule has 0 saturated heterocycles. The third kappa shape index (κ3) is 4.40. The standard InChI is InChI=1S/C26H22F2N6O5.C2H6/c27-25(28)39-18-6-2-5-14-19(18)15-9-17(34(24(14)35)26(36,37)38)21-20(15)23-31-16(7-8-33(23)32-21)13-10-29-22(30-11-13)12-3-1-4-12;1-2/h2,5-8,10-12,15,17,25,36-38H,1,3-4,9H2;1-2H3. The summed E-state index contributed by atoms with van der Waals surface area (Å²) in [4.78, 5) is 27.7. The Morgan fingerprint density at radius 2 is 1.80 bits per heavy atom. The van der Waals surface area contributed by atoms with Crippen LogP contribution in [0.4, 0.5) is 8.78 Å². The molecule has 3 N–H and O–H groups in total. The van der Waals surface area contributed by atoms with Crippen LogP contribution >= 0.6 is 0 Å². The van der Waals surface area contributed by atoms with Crippen molar-refractivity contribution in [3.8, 4) is 17.0 Å². The summed E-state index contributed by atoms with van der Waals surface area (Å²) < 4.78 is 32.9. The number of amides is 1. The Morgan fingerprint density at radius 1 is 1.07 bits per heavy atom. The van der Waals surface area contributed by atoms with Crippen molar-refractivity contribution in [1.82, 2.24) is 29.5 Å². The average Bonchev–Trinajstić information content (AvgIpc) is 3.41. The molecule has 1 amide bonds. The van der Waals surface area contributed by atoms with E-state index >= 15 is 0 Å². The first-order valence-corrected chi connectivity index (χ1v) is 13.5. The first kappa shape index (κ1) is 27.1. The van der Waals surface area contributed by atoms with Crippen LogP contribution in [0.5, 0.6) is 5.75 Å². The monoisotopic (exact) mass is 566 g/mol. The van der Waals surface area contributed by atoms with Crippen molar-refractivity contribution < 1.29 is 33.6 Å². The average molecular weight is 567 g/mol. The Morgan fingerprint density at radius 3 is 2.44 bits per heavy atom. The molecule has 1 aliphatic heterocycles.